The number of urea groups is 1. The summed E-state index contributed by atoms with van der Waals surface area (Å²) in [7, 11) is 1.68. The van der Waals surface area contributed by atoms with E-state index in [2.05, 4.69) is 14.9 Å². The molecule has 1 aromatic heterocycles. The van der Waals surface area contributed by atoms with E-state index in [-0.39, 0.29) is 6.03 Å². The van der Waals surface area contributed by atoms with Crippen molar-refractivity contribution >= 4 is 22.6 Å². The fraction of sp³-hybridized carbons (Fsp3) is 0.500. The number of amides is 2. The average molecular weight is 254 g/mol. The topological polar surface area (TPSA) is 67.3 Å². The second-order valence-corrected chi connectivity index (χ2v) is 4.49. The Hall–Kier alpha value is -1.47. The van der Waals surface area contributed by atoms with E-state index in [4.69, 9.17) is 4.74 Å². The molecule has 1 aliphatic heterocycles. The molecule has 6 nitrogen and oxygen atoms in total. The third kappa shape index (κ3) is 3.24. The van der Waals surface area contributed by atoms with Crippen molar-refractivity contribution in [1.29, 1.82) is 0 Å². The minimum absolute atomic E-state index is 0.108. The molecule has 0 fully saturated rings. The first kappa shape index (κ1) is 12.0. The number of ether oxygens (including phenoxy) is 1. The number of nitrogens with one attached hydrogen (secondary N) is 1. The van der Waals surface area contributed by atoms with Crippen molar-refractivity contribution in [2.24, 2.45) is 0 Å². The maximum Gasteiger partial charge on any atom is 0.322 e. The van der Waals surface area contributed by atoms with Crippen LogP contribution in [-0.4, -0.2) is 47.3 Å². The van der Waals surface area contributed by atoms with Crippen molar-refractivity contribution in [3.8, 4) is 0 Å². The van der Waals surface area contributed by atoms with Gasteiger partial charge in [0.05, 0.1) is 12.8 Å². The van der Waals surface area contributed by atoms with Gasteiger partial charge < -0.3 is 9.64 Å². The first-order chi connectivity index (χ1) is 8.29. The van der Waals surface area contributed by atoms with E-state index >= 15 is 0 Å². The van der Waals surface area contributed by atoms with Crippen molar-refractivity contribution in [3.05, 3.63) is 17.8 Å². The highest BCUT2D eigenvalue weighted by molar-refractivity contribution is 7.10. The fourth-order valence-corrected chi connectivity index (χ4v) is 2.03. The standard InChI is InChI=1S/C10H14N4O2S/c1-16-7-8-2-4-14(5-3-8)10(15)12-9-6-11-13-17-9/h2,6H,3-5,7H2,1H3,(H,12,15). The molecule has 0 atom stereocenters. The Morgan fingerprint density at radius 1 is 1.71 bits per heavy atom. The number of carbonyl (C=O) groups excluding carboxylic acids is 1. The van der Waals surface area contributed by atoms with Crippen molar-refractivity contribution in [3.63, 3.8) is 0 Å². The van der Waals surface area contributed by atoms with Crippen LogP contribution in [0.2, 0.25) is 0 Å². The number of nitrogens with zero attached hydrogens (tertiary/aromatic N) is 3. The number of hydrogen-bond donors (Lipinski definition) is 1. The monoisotopic (exact) mass is 254 g/mol. The maximum atomic E-state index is 11.8. The van der Waals surface area contributed by atoms with Crippen molar-refractivity contribution in [1.82, 2.24) is 14.5 Å². The highest BCUT2D eigenvalue weighted by Gasteiger charge is 2.17. The molecule has 0 spiro atoms. The zero-order valence-corrected chi connectivity index (χ0v) is 10.4. The predicted octanol–water partition coefficient (Wildman–Crippen LogP) is 1.35. The summed E-state index contributed by atoms with van der Waals surface area (Å²) in [5.74, 6) is 0. The van der Waals surface area contributed by atoms with E-state index in [0.29, 0.717) is 24.7 Å². The Kier molecular flexibility index (Phi) is 4.05. The molecule has 0 bridgehead atoms. The molecule has 1 aromatic rings. The van der Waals surface area contributed by atoms with Crippen LogP contribution in [0.1, 0.15) is 6.42 Å². The number of methoxy groups -OCH3 is 1. The summed E-state index contributed by atoms with van der Waals surface area (Å²) < 4.78 is 8.75. The molecule has 92 valence electrons. The average Bonchev–Trinajstić information content (AvgIpc) is 2.83. The lowest BCUT2D eigenvalue weighted by Gasteiger charge is -2.26. The molecule has 0 saturated heterocycles. The molecule has 1 aliphatic rings. The Bertz CT molecular complexity index is 404. The molecule has 2 rings (SSSR count). The van der Waals surface area contributed by atoms with E-state index in [1.54, 1.807) is 18.2 Å². The molecule has 7 heteroatoms. The van der Waals surface area contributed by atoms with Crippen LogP contribution in [0.15, 0.2) is 17.8 Å². The van der Waals surface area contributed by atoms with Gasteiger partial charge in [-0.15, -0.1) is 5.10 Å². The van der Waals surface area contributed by atoms with Gasteiger partial charge in [-0.3, -0.25) is 5.32 Å². The highest BCUT2D eigenvalue weighted by Crippen LogP contribution is 2.14. The smallest absolute Gasteiger partial charge is 0.322 e. The first-order valence-corrected chi connectivity index (χ1v) is 6.07. The Labute approximate surface area is 103 Å². The minimum atomic E-state index is -0.108. The van der Waals surface area contributed by atoms with Crippen molar-refractivity contribution < 1.29 is 9.53 Å². The molecule has 2 amide bonds. The summed E-state index contributed by atoms with van der Waals surface area (Å²) >= 11 is 1.17. The lowest BCUT2D eigenvalue weighted by Crippen LogP contribution is -2.38. The van der Waals surface area contributed by atoms with Gasteiger partial charge in [-0.05, 0) is 12.0 Å². The number of hydrogen-bond acceptors (Lipinski definition) is 5. The van der Waals surface area contributed by atoms with Crippen LogP contribution in [0.25, 0.3) is 0 Å². The summed E-state index contributed by atoms with van der Waals surface area (Å²) in [5, 5.41) is 7.09. The Balaban J connectivity index is 1.86. The lowest BCUT2D eigenvalue weighted by molar-refractivity contribution is 0.203. The van der Waals surface area contributed by atoms with Gasteiger partial charge in [-0.1, -0.05) is 10.6 Å². The zero-order chi connectivity index (χ0) is 12.1. The summed E-state index contributed by atoms with van der Waals surface area (Å²) in [4.78, 5) is 13.6. The van der Waals surface area contributed by atoms with E-state index < -0.39 is 0 Å². The van der Waals surface area contributed by atoms with Crippen LogP contribution in [0, 0.1) is 0 Å². The third-order valence-corrected chi connectivity index (χ3v) is 3.09. The van der Waals surface area contributed by atoms with Gasteiger partial charge in [0.15, 0.2) is 0 Å². The molecule has 2 heterocycles. The van der Waals surface area contributed by atoms with E-state index in [9.17, 15) is 4.79 Å². The van der Waals surface area contributed by atoms with Gasteiger partial charge in [0.1, 0.15) is 5.00 Å². The second kappa shape index (κ2) is 5.74. The minimum Gasteiger partial charge on any atom is -0.380 e. The molecular weight excluding hydrogens is 240 g/mol. The Morgan fingerprint density at radius 2 is 2.59 bits per heavy atom. The molecule has 0 radical (unpaired) electrons. The second-order valence-electron chi connectivity index (χ2n) is 3.70. The quantitative estimate of drug-likeness (QED) is 0.827. The van der Waals surface area contributed by atoms with E-state index in [1.165, 1.54) is 17.1 Å². The predicted molar refractivity (Wildman–Crippen MR) is 65.1 cm³/mol. The van der Waals surface area contributed by atoms with Crippen LogP contribution < -0.4 is 5.32 Å². The van der Waals surface area contributed by atoms with E-state index in [0.717, 1.165) is 6.42 Å². The fourth-order valence-electron chi connectivity index (χ4n) is 1.62. The van der Waals surface area contributed by atoms with Gasteiger partial charge in [-0.25, -0.2) is 4.79 Å². The van der Waals surface area contributed by atoms with Gasteiger partial charge in [0.2, 0.25) is 0 Å². The number of carbonyl (C=O) groups is 1. The van der Waals surface area contributed by atoms with Gasteiger partial charge in [0, 0.05) is 31.7 Å². The third-order valence-electron chi connectivity index (χ3n) is 2.51. The van der Waals surface area contributed by atoms with Crippen LogP contribution in [0.3, 0.4) is 0 Å². The highest BCUT2D eigenvalue weighted by atomic mass is 32.1. The summed E-state index contributed by atoms with van der Waals surface area (Å²) in [5.41, 5.74) is 1.25. The molecule has 0 aromatic carbocycles. The van der Waals surface area contributed by atoms with Crippen LogP contribution in [0.4, 0.5) is 9.80 Å². The number of aromatic nitrogens is 2. The van der Waals surface area contributed by atoms with Crippen molar-refractivity contribution in [2.45, 2.75) is 6.42 Å². The van der Waals surface area contributed by atoms with Crippen molar-refractivity contribution in [2.75, 3.05) is 32.1 Å². The SMILES string of the molecule is COCC1=CCN(C(=O)Nc2cnns2)CC1. The molecule has 0 saturated carbocycles. The lowest BCUT2D eigenvalue weighted by atomic mass is 10.1. The van der Waals surface area contributed by atoms with Gasteiger partial charge >= 0.3 is 6.03 Å². The zero-order valence-electron chi connectivity index (χ0n) is 9.55. The number of rotatable bonds is 3. The number of anilines is 1. The Morgan fingerprint density at radius 3 is 3.18 bits per heavy atom. The maximum absolute atomic E-state index is 11.8. The summed E-state index contributed by atoms with van der Waals surface area (Å²) in [6, 6.07) is -0.108. The van der Waals surface area contributed by atoms with Crippen LogP contribution in [-0.2, 0) is 4.74 Å². The molecule has 0 unspecified atom stereocenters. The van der Waals surface area contributed by atoms with Crippen LogP contribution in [0.5, 0.6) is 0 Å². The normalized spacial score (nSPS) is 15.6. The molecule has 17 heavy (non-hydrogen) atoms. The van der Waals surface area contributed by atoms with Crippen LogP contribution >= 0.6 is 11.5 Å². The molecule has 1 N–H and O–H groups in total. The van der Waals surface area contributed by atoms with E-state index in [1.807, 2.05) is 6.08 Å². The first-order valence-electron chi connectivity index (χ1n) is 5.29. The molecule has 0 aliphatic carbocycles. The molecular formula is C10H14N4O2S. The van der Waals surface area contributed by atoms with Gasteiger partial charge in [-0.2, -0.15) is 0 Å². The summed E-state index contributed by atoms with van der Waals surface area (Å²) in [6.45, 7) is 1.98. The largest absolute Gasteiger partial charge is 0.380 e. The van der Waals surface area contributed by atoms with Gasteiger partial charge in [0.25, 0.3) is 0 Å². The summed E-state index contributed by atoms with van der Waals surface area (Å²) in [6.07, 6.45) is 4.44.